The minimum atomic E-state index is 0.489. The lowest BCUT2D eigenvalue weighted by molar-refractivity contribution is 0.171. The molecule has 1 aliphatic carbocycles. The van der Waals surface area contributed by atoms with E-state index in [9.17, 15) is 0 Å². The molecule has 136 valence electrons. The number of anilines is 1. The Morgan fingerprint density at radius 3 is 2.54 bits per heavy atom. The third-order valence-electron chi connectivity index (χ3n) is 6.29. The fourth-order valence-electron chi connectivity index (χ4n) is 5.06. The summed E-state index contributed by atoms with van der Waals surface area (Å²) >= 11 is 0. The highest BCUT2D eigenvalue weighted by Gasteiger charge is 2.34. The van der Waals surface area contributed by atoms with E-state index in [-0.39, 0.29) is 0 Å². The van der Waals surface area contributed by atoms with Crippen molar-refractivity contribution in [2.24, 2.45) is 5.92 Å². The lowest BCUT2D eigenvalue weighted by Gasteiger charge is -2.44. The van der Waals surface area contributed by atoms with E-state index in [4.69, 9.17) is 9.47 Å². The van der Waals surface area contributed by atoms with Gasteiger partial charge in [0, 0.05) is 18.3 Å². The fraction of sp³-hybridized carbons (Fsp3) is 0.478. The van der Waals surface area contributed by atoms with Crippen LogP contribution in [-0.4, -0.2) is 19.8 Å². The molecule has 1 atom stereocenters. The van der Waals surface area contributed by atoms with Crippen molar-refractivity contribution in [3.8, 4) is 11.5 Å². The summed E-state index contributed by atoms with van der Waals surface area (Å²) in [6.45, 7) is 2.37. The SMILES string of the molecule is c1ccc2c(c1)CCN(c1ccc3c(c1)OCCO3)C2C1CCCCC1. The fourth-order valence-corrected chi connectivity index (χ4v) is 5.06. The maximum absolute atomic E-state index is 5.85. The van der Waals surface area contributed by atoms with Gasteiger partial charge in [0.15, 0.2) is 11.5 Å². The van der Waals surface area contributed by atoms with E-state index < -0.39 is 0 Å². The minimum Gasteiger partial charge on any atom is -0.486 e. The average molecular weight is 349 g/mol. The van der Waals surface area contributed by atoms with Gasteiger partial charge in [0.25, 0.3) is 0 Å². The van der Waals surface area contributed by atoms with Crippen LogP contribution in [-0.2, 0) is 6.42 Å². The van der Waals surface area contributed by atoms with Crippen molar-refractivity contribution in [1.82, 2.24) is 0 Å². The molecule has 0 N–H and O–H groups in total. The van der Waals surface area contributed by atoms with Crippen molar-refractivity contribution in [2.75, 3.05) is 24.7 Å². The topological polar surface area (TPSA) is 21.7 Å². The van der Waals surface area contributed by atoms with E-state index in [1.165, 1.54) is 43.4 Å². The third-order valence-corrected chi connectivity index (χ3v) is 6.29. The number of hydrogen-bond donors (Lipinski definition) is 0. The molecular weight excluding hydrogens is 322 g/mol. The molecule has 2 heterocycles. The number of hydrogen-bond acceptors (Lipinski definition) is 3. The molecule has 1 fully saturated rings. The predicted molar refractivity (Wildman–Crippen MR) is 104 cm³/mol. The number of nitrogens with zero attached hydrogens (tertiary/aromatic N) is 1. The second kappa shape index (κ2) is 6.86. The van der Waals surface area contributed by atoms with E-state index in [0.29, 0.717) is 19.3 Å². The van der Waals surface area contributed by atoms with Crippen LogP contribution < -0.4 is 14.4 Å². The molecule has 0 spiro atoms. The van der Waals surface area contributed by atoms with Crippen molar-refractivity contribution < 1.29 is 9.47 Å². The van der Waals surface area contributed by atoms with Crippen LogP contribution in [0.15, 0.2) is 42.5 Å². The highest BCUT2D eigenvalue weighted by atomic mass is 16.6. The highest BCUT2D eigenvalue weighted by Crippen LogP contribution is 2.45. The molecular formula is C23H27NO2. The van der Waals surface area contributed by atoms with Gasteiger partial charge in [0.05, 0.1) is 6.04 Å². The molecule has 1 unspecified atom stereocenters. The van der Waals surface area contributed by atoms with Gasteiger partial charge < -0.3 is 14.4 Å². The Kier molecular flexibility index (Phi) is 4.24. The number of benzene rings is 2. The summed E-state index contributed by atoms with van der Waals surface area (Å²) in [5.41, 5.74) is 4.36. The van der Waals surface area contributed by atoms with Crippen molar-refractivity contribution in [3.63, 3.8) is 0 Å². The number of rotatable bonds is 2. The largest absolute Gasteiger partial charge is 0.486 e. The highest BCUT2D eigenvalue weighted by molar-refractivity contribution is 5.59. The molecule has 0 radical (unpaired) electrons. The van der Waals surface area contributed by atoms with Gasteiger partial charge in [-0.25, -0.2) is 0 Å². The lowest BCUT2D eigenvalue weighted by atomic mass is 9.77. The standard InChI is InChI=1S/C23H27NO2/c1-2-7-18(8-3-1)23-20-9-5-4-6-17(20)12-13-24(23)19-10-11-21-22(16-19)26-15-14-25-21/h4-6,9-11,16,18,23H,1-3,7-8,12-15H2. The molecule has 0 aromatic heterocycles. The Balaban J connectivity index is 1.54. The molecule has 3 heteroatoms. The van der Waals surface area contributed by atoms with Gasteiger partial charge >= 0.3 is 0 Å². The summed E-state index contributed by atoms with van der Waals surface area (Å²) in [6.07, 6.45) is 7.96. The summed E-state index contributed by atoms with van der Waals surface area (Å²) in [5, 5.41) is 0. The molecule has 2 aromatic rings. The predicted octanol–water partition coefficient (Wildman–Crippen LogP) is 5.14. The molecule has 2 aromatic carbocycles. The monoisotopic (exact) mass is 349 g/mol. The molecule has 0 amide bonds. The molecule has 2 aliphatic heterocycles. The van der Waals surface area contributed by atoms with Crippen LogP contribution in [0.1, 0.15) is 49.3 Å². The van der Waals surface area contributed by atoms with E-state index >= 15 is 0 Å². The molecule has 5 rings (SSSR count). The van der Waals surface area contributed by atoms with Crippen molar-refractivity contribution >= 4 is 5.69 Å². The van der Waals surface area contributed by atoms with Crippen LogP contribution in [0.3, 0.4) is 0 Å². The Bertz CT molecular complexity index is 782. The smallest absolute Gasteiger partial charge is 0.163 e. The Hall–Kier alpha value is -2.16. The van der Waals surface area contributed by atoms with E-state index in [1.54, 1.807) is 5.56 Å². The first-order valence-electron chi connectivity index (χ1n) is 10.1. The molecule has 26 heavy (non-hydrogen) atoms. The van der Waals surface area contributed by atoms with Gasteiger partial charge in [0.2, 0.25) is 0 Å². The number of ether oxygens (including phenoxy) is 2. The van der Waals surface area contributed by atoms with Crippen LogP contribution in [0, 0.1) is 5.92 Å². The van der Waals surface area contributed by atoms with E-state index in [0.717, 1.165) is 30.4 Å². The summed E-state index contributed by atoms with van der Waals surface area (Å²) in [4.78, 5) is 2.64. The number of fused-ring (bicyclic) bond motifs is 2. The third kappa shape index (κ3) is 2.84. The zero-order chi connectivity index (χ0) is 17.3. The Morgan fingerprint density at radius 2 is 1.65 bits per heavy atom. The second-order valence-corrected chi connectivity index (χ2v) is 7.81. The van der Waals surface area contributed by atoms with Crippen molar-refractivity contribution in [3.05, 3.63) is 53.6 Å². The summed E-state index contributed by atoms with van der Waals surface area (Å²) in [7, 11) is 0. The zero-order valence-corrected chi connectivity index (χ0v) is 15.3. The first kappa shape index (κ1) is 16.0. The Morgan fingerprint density at radius 1 is 0.846 bits per heavy atom. The Labute approximate surface area is 155 Å². The van der Waals surface area contributed by atoms with Gasteiger partial charge in [-0.1, -0.05) is 43.5 Å². The van der Waals surface area contributed by atoms with Gasteiger partial charge in [-0.05, 0) is 48.4 Å². The zero-order valence-electron chi connectivity index (χ0n) is 15.3. The van der Waals surface area contributed by atoms with Crippen molar-refractivity contribution in [2.45, 2.75) is 44.6 Å². The first-order valence-corrected chi connectivity index (χ1v) is 10.1. The van der Waals surface area contributed by atoms with E-state index in [2.05, 4.69) is 47.4 Å². The summed E-state index contributed by atoms with van der Waals surface area (Å²) < 4.78 is 11.6. The molecule has 0 saturated heterocycles. The van der Waals surface area contributed by atoms with Crippen LogP contribution in [0.5, 0.6) is 11.5 Å². The van der Waals surface area contributed by atoms with Crippen LogP contribution in [0.2, 0.25) is 0 Å². The normalized spacial score (nSPS) is 22.8. The molecule has 3 nitrogen and oxygen atoms in total. The van der Waals surface area contributed by atoms with Crippen molar-refractivity contribution in [1.29, 1.82) is 0 Å². The average Bonchev–Trinajstić information content (AvgIpc) is 2.73. The summed E-state index contributed by atoms with van der Waals surface area (Å²) in [5.74, 6) is 2.53. The quantitative estimate of drug-likeness (QED) is 0.749. The summed E-state index contributed by atoms with van der Waals surface area (Å²) in [6, 6.07) is 16.1. The molecule has 3 aliphatic rings. The van der Waals surface area contributed by atoms with Gasteiger partial charge in [-0.3, -0.25) is 0 Å². The van der Waals surface area contributed by atoms with Gasteiger partial charge in [-0.15, -0.1) is 0 Å². The van der Waals surface area contributed by atoms with E-state index in [1.807, 2.05) is 0 Å². The van der Waals surface area contributed by atoms with Gasteiger partial charge in [0.1, 0.15) is 13.2 Å². The van der Waals surface area contributed by atoms with Crippen LogP contribution in [0.25, 0.3) is 0 Å². The maximum Gasteiger partial charge on any atom is 0.163 e. The maximum atomic E-state index is 5.85. The minimum absolute atomic E-state index is 0.489. The first-order chi connectivity index (χ1) is 12.9. The molecule has 1 saturated carbocycles. The van der Waals surface area contributed by atoms with Crippen LogP contribution in [0.4, 0.5) is 5.69 Å². The van der Waals surface area contributed by atoms with Gasteiger partial charge in [-0.2, -0.15) is 0 Å². The lowest BCUT2D eigenvalue weighted by Crippen LogP contribution is -2.40. The second-order valence-electron chi connectivity index (χ2n) is 7.81. The van der Waals surface area contributed by atoms with Crippen LogP contribution >= 0.6 is 0 Å². The molecule has 0 bridgehead atoms.